The SMILES string of the molecule is O=C(O)c1ccc2nc(CN3CCC(Oc4nc(Cc5ccc(Cl)cc5F)ccc4F)CC3)n(C[C@@H]3CCO3)c2n1. The lowest BCUT2D eigenvalue weighted by molar-refractivity contribution is -0.0593. The number of hydrogen-bond donors (Lipinski definition) is 1. The molecule has 0 radical (unpaired) electrons. The van der Waals surface area contributed by atoms with Crippen LogP contribution >= 0.6 is 11.6 Å². The Hall–Kier alpha value is -3.67. The maximum absolute atomic E-state index is 14.6. The van der Waals surface area contributed by atoms with E-state index in [2.05, 4.69) is 14.9 Å². The number of nitrogens with zero attached hydrogens (tertiary/aromatic N) is 5. The summed E-state index contributed by atoms with van der Waals surface area (Å²) in [5, 5.41) is 9.71. The van der Waals surface area contributed by atoms with Crippen molar-refractivity contribution >= 4 is 28.7 Å². The second-order valence-corrected chi connectivity index (χ2v) is 10.8. The number of aromatic carboxylic acids is 1. The Morgan fingerprint density at radius 3 is 2.56 bits per heavy atom. The number of aromatic nitrogens is 4. The number of rotatable bonds is 9. The van der Waals surface area contributed by atoms with Gasteiger partial charge in [-0.3, -0.25) is 4.90 Å². The van der Waals surface area contributed by atoms with Gasteiger partial charge in [0.05, 0.1) is 19.2 Å². The van der Waals surface area contributed by atoms with Crippen molar-refractivity contribution in [3.63, 3.8) is 0 Å². The molecule has 1 atom stereocenters. The number of imidazole rings is 1. The van der Waals surface area contributed by atoms with Crippen molar-refractivity contribution in [2.45, 2.75) is 51.0 Å². The van der Waals surface area contributed by atoms with Crippen molar-refractivity contribution in [3.8, 4) is 5.88 Å². The highest BCUT2D eigenvalue weighted by atomic mass is 35.5. The molecule has 4 aromatic rings. The van der Waals surface area contributed by atoms with Gasteiger partial charge < -0.3 is 19.1 Å². The smallest absolute Gasteiger partial charge is 0.354 e. The Morgan fingerprint density at radius 2 is 1.85 bits per heavy atom. The van der Waals surface area contributed by atoms with Gasteiger partial charge in [-0.2, -0.15) is 0 Å². The third-order valence-corrected chi connectivity index (χ3v) is 7.74. The zero-order valence-corrected chi connectivity index (χ0v) is 22.9. The molecule has 2 saturated heterocycles. The van der Waals surface area contributed by atoms with Crippen LogP contribution < -0.4 is 4.74 Å². The Morgan fingerprint density at radius 1 is 1.05 bits per heavy atom. The number of benzene rings is 1. The Bertz CT molecular complexity index is 1590. The molecule has 2 aliphatic heterocycles. The summed E-state index contributed by atoms with van der Waals surface area (Å²) in [5.41, 5.74) is 2.06. The molecular weight excluding hydrogens is 556 g/mol. The van der Waals surface area contributed by atoms with Crippen LogP contribution in [0, 0.1) is 11.6 Å². The highest BCUT2D eigenvalue weighted by molar-refractivity contribution is 6.30. The van der Waals surface area contributed by atoms with E-state index >= 15 is 0 Å². The fourth-order valence-corrected chi connectivity index (χ4v) is 5.32. The van der Waals surface area contributed by atoms with Crippen LogP contribution in [0.25, 0.3) is 11.2 Å². The number of carboxylic acids is 1. The number of likely N-dealkylation sites (tertiary alicyclic amines) is 1. The van der Waals surface area contributed by atoms with Gasteiger partial charge in [-0.25, -0.2) is 28.5 Å². The molecule has 9 nitrogen and oxygen atoms in total. The van der Waals surface area contributed by atoms with Crippen LogP contribution in [0.2, 0.25) is 5.02 Å². The minimum atomic E-state index is -1.09. The van der Waals surface area contributed by atoms with Crippen molar-refractivity contribution in [3.05, 3.63) is 81.9 Å². The molecule has 41 heavy (non-hydrogen) atoms. The molecule has 0 saturated carbocycles. The van der Waals surface area contributed by atoms with E-state index in [0.29, 0.717) is 73.1 Å². The number of ether oxygens (including phenoxy) is 2. The summed E-state index contributed by atoms with van der Waals surface area (Å²) in [4.78, 5) is 27.2. The quantitative estimate of drug-likeness (QED) is 0.297. The third-order valence-electron chi connectivity index (χ3n) is 7.51. The summed E-state index contributed by atoms with van der Waals surface area (Å²) in [6.07, 6.45) is 2.26. The van der Waals surface area contributed by atoms with Gasteiger partial charge in [0.2, 0.25) is 0 Å². The molecule has 0 bridgehead atoms. The van der Waals surface area contributed by atoms with Gasteiger partial charge in [0.1, 0.15) is 23.3 Å². The fraction of sp³-hybridized carbons (Fsp3) is 0.379. The van der Waals surface area contributed by atoms with E-state index in [4.69, 9.17) is 26.1 Å². The Balaban J connectivity index is 1.11. The maximum atomic E-state index is 14.6. The molecule has 2 fully saturated rings. The highest BCUT2D eigenvalue weighted by Gasteiger charge is 2.27. The fourth-order valence-electron chi connectivity index (χ4n) is 5.16. The lowest BCUT2D eigenvalue weighted by Crippen LogP contribution is -2.39. The van der Waals surface area contributed by atoms with Crippen LogP contribution in [0.4, 0.5) is 8.78 Å². The van der Waals surface area contributed by atoms with Crippen LogP contribution in [-0.4, -0.2) is 67.4 Å². The molecule has 3 aromatic heterocycles. The predicted molar refractivity (Wildman–Crippen MR) is 146 cm³/mol. The van der Waals surface area contributed by atoms with Crippen molar-refractivity contribution in [2.24, 2.45) is 0 Å². The average Bonchev–Trinajstić information content (AvgIpc) is 3.26. The van der Waals surface area contributed by atoms with Crippen LogP contribution in [0.5, 0.6) is 5.88 Å². The zero-order valence-electron chi connectivity index (χ0n) is 22.1. The molecule has 2 aliphatic rings. The molecule has 0 spiro atoms. The van der Waals surface area contributed by atoms with E-state index in [-0.39, 0.29) is 30.2 Å². The number of piperidine rings is 1. The van der Waals surface area contributed by atoms with E-state index in [1.165, 1.54) is 24.3 Å². The predicted octanol–water partition coefficient (Wildman–Crippen LogP) is 4.88. The number of carboxylic acid groups (broad SMARTS) is 1. The molecular formula is C29H28ClF2N5O4. The molecule has 214 valence electrons. The van der Waals surface area contributed by atoms with Gasteiger partial charge >= 0.3 is 5.97 Å². The van der Waals surface area contributed by atoms with Crippen molar-refractivity contribution < 1.29 is 28.2 Å². The van der Waals surface area contributed by atoms with Crippen molar-refractivity contribution in [2.75, 3.05) is 19.7 Å². The lowest BCUT2D eigenvalue weighted by atomic mass is 10.1. The van der Waals surface area contributed by atoms with Gasteiger partial charge in [-0.05, 0) is 61.2 Å². The van der Waals surface area contributed by atoms with E-state index in [0.717, 1.165) is 12.2 Å². The Labute approximate surface area is 239 Å². The standard InChI is InChI=1S/C29H28ClF2N5O4/c30-18-2-1-17(23(32)14-18)13-19-3-4-22(31)28(33-19)41-20-7-10-36(11-8-20)16-26-34-24-5-6-25(29(38)39)35-27(24)37(26)15-21-9-12-40-21/h1-6,14,20-21H,7-13,15-16H2,(H,38,39)/t21-/m0/s1. The summed E-state index contributed by atoms with van der Waals surface area (Å²) in [6.45, 7) is 3.21. The highest BCUT2D eigenvalue weighted by Crippen LogP contribution is 2.25. The Kier molecular flexibility index (Phi) is 7.83. The van der Waals surface area contributed by atoms with Crippen LogP contribution in [0.1, 0.15) is 46.8 Å². The molecule has 12 heteroatoms. The summed E-state index contributed by atoms with van der Waals surface area (Å²) in [6, 6.07) is 10.4. The van der Waals surface area contributed by atoms with Crippen LogP contribution in [-0.2, 0) is 24.2 Å². The number of hydrogen-bond acceptors (Lipinski definition) is 7. The summed E-state index contributed by atoms with van der Waals surface area (Å²) in [5.74, 6) is -1.38. The molecule has 0 amide bonds. The molecule has 0 aliphatic carbocycles. The monoisotopic (exact) mass is 583 g/mol. The lowest BCUT2D eigenvalue weighted by Gasteiger charge is -2.32. The molecule has 5 heterocycles. The first-order valence-electron chi connectivity index (χ1n) is 13.5. The molecule has 6 rings (SSSR count). The number of halogens is 3. The van der Waals surface area contributed by atoms with E-state index in [1.807, 2.05) is 4.57 Å². The summed E-state index contributed by atoms with van der Waals surface area (Å²) in [7, 11) is 0. The second kappa shape index (κ2) is 11.7. The number of carbonyl (C=O) groups is 1. The van der Waals surface area contributed by atoms with Gasteiger partial charge in [0.15, 0.2) is 17.2 Å². The number of pyridine rings is 2. The van der Waals surface area contributed by atoms with E-state index in [1.54, 1.807) is 18.2 Å². The molecule has 0 unspecified atom stereocenters. The minimum Gasteiger partial charge on any atom is -0.477 e. The summed E-state index contributed by atoms with van der Waals surface area (Å²) >= 11 is 5.84. The summed E-state index contributed by atoms with van der Waals surface area (Å²) < 4.78 is 42.4. The third kappa shape index (κ3) is 6.17. The first-order valence-corrected chi connectivity index (χ1v) is 13.9. The molecule has 1 aromatic carbocycles. The maximum Gasteiger partial charge on any atom is 0.354 e. The second-order valence-electron chi connectivity index (χ2n) is 10.4. The van der Waals surface area contributed by atoms with Gasteiger partial charge in [0, 0.05) is 36.8 Å². The largest absolute Gasteiger partial charge is 0.477 e. The van der Waals surface area contributed by atoms with Gasteiger partial charge in [0.25, 0.3) is 5.88 Å². The average molecular weight is 584 g/mol. The van der Waals surface area contributed by atoms with Gasteiger partial charge in [-0.1, -0.05) is 17.7 Å². The van der Waals surface area contributed by atoms with E-state index in [9.17, 15) is 18.7 Å². The topological polar surface area (TPSA) is 103 Å². The van der Waals surface area contributed by atoms with Crippen molar-refractivity contribution in [1.82, 2.24) is 24.4 Å². The zero-order chi connectivity index (χ0) is 28.5. The van der Waals surface area contributed by atoms with Crippen molar-refractivity contribution in [1.29, 1.82) is 0 Å². The molecule has 1 N–H and O–H groups in total. The van der Waals surface area contributed by atoms with Crippen LogP contribution in [0.3, 0.4) is 0 Å². The minimum absolute atomic E-state index is 0.0269. The normalized spacial score (nSPS) is 18.0. The first kappa shape index (κ1) is 27.5. The first-order chi connectivity index (χ1) is 19.8. The van der Waals surface area contributed by atoms with Crippen LogP contribution in [0.15, 0.2) is 42.5 Å². The van der Waals surface area contributed by atoms with E-state index < -0.39 is 17.6 Å². The van der Waals surface area contributed by atoms with Gasteiger partial charge in [-0.15, -0.1) is 0 Å². The number of fused-ring (bicyclic) bond motifs is 1.